The molecule has 3 nitrogen and oxygen atoms in total. The highest BCUT2D eigenvalue weighted by Gasteiger charge is 2.13. The van der Waals surface area contributed by atoms with Crippen LogP contribution in [-0.2, 0) is 11.2 Å². The summed E-state index contributed by atoms with van der Waals surface area (Å²) in [6, 6.07) is -0.447. The Bertz CT molecular complexity index is 390. The molecule has 80 valence electrons. The van der Waals surface area contributed by atoms with Crippen LogP contribution in [0.25, 0.3) is 12.2 Å². The summed E-state index contributed by atoms with van der Waals surface area (Å²) in [7, 11) is 0. The van der Waals surface area contributed by atoms with Crippen LogP contribution < -0.4 is 5.73 Å². The molecule has 1 aromatic heterocycles. The Hall–Kier alpha value is -1.61. The SMILES string of the molecule is C=Cc1[nH]cc(CC(N)C(C)=O)c1C=C. The summed E-state index contributed by atoms with van der Waals surface area (Å²) < 4.78 is 0. The standard InChI is InChI=1S/C12H16N2O/c1-4-10-9(6-11(13)8(3)15)7-14-12(10)5-2/h4-5,7,11,14H,1-2,6,13H2,3H3. The van der Waals surface area contributed by atoms with Crippen LogP contribution in [0.4, 0.5) is 0 Å². The van der Waals surface area contributed by atoms with Crippen molar-refractivity contribution in [3.63, 3.8) is 0 Å². The lowest BCUT2D eigenvalue weighted by atomic mass is 10.0. The Morgan fingerprint density at radius 2 is 2.27 bits per heavy atom. The number of carbonyl (C=O) groups is 1. The highest BCUT2D eigenvalue weighted by atomic mass is 16.1. The van der Waals surface area contributed by atoms with Crippen LogP contribution in [0.15, 0.2) is 19.4 Å². The van der Waals surface area contributed by atoms with Gasteiger partial charge in [-0.05, 0) is 25.0 Å². The molecule has 0 bridgehead atoms. The van der Waals surface area contributed by atoms with Gasteiger partial charge in [-0.2, -0.15) is 0 Å². The molecule has 1 unspecified atom stereocenters. The molecule has 1 atom stereocenters. The number of hydrogen-bond donors (Lipinski definition) is 2. The average Bonchev–Trinajstić information content (AvgIpc) is 2.59. The van der Waals surface area contributed by atoms with E-state index in [4.69, 9.17) is 5.73 Å². The van der Waals surface area contributed by atoms with Crippen molar-refractivity contribution in [2.24, 2.45) is 5.73 Å². The second-order valence-electron chi connectivity index (χ2n) is 3.47. The molecule has 0 spiro atoms. The van der Waals surface area contributed by atoms with Gasteiger partial charge in [0.1, 0.15) is 5.78 Å². The van der Waals surface area contributed by atoms with E-state index in [-0.39, 0.29) is 5.78 Å². The van der Waals surface area contributed by atoms with Gasteiger partial charge in [-0.25, -0.2) is 0 Å². The minimum atomic E-state index is -0.447. The lowest BCUT2D eigenvalue weighted by Crippen LogP contribution is -2.30. The normalized spacial score (nSPS) is 12.1. The molecule has 0 aliphatic carbocycles. The summed E-state index contributed by atoms with van der Waals surface area (Å²) in [6.07, 6.45) is 5.84. The average molecular weight is 204 g/mol. The second kappa shape index (κ2) is 4.75. The number of hydrogen-bond acceptors (Lipinski definition) is 2. The molecule has 0 saturated heterocycles. The van der Waals surface area contributed by atoms with Crippen LogP contribution in [0.2, 0.25) is 0 Å². The Balaban J connectivity index is 2.95. The molecule has 3 N–H and O–H groups in total. The van der Waals surface area contributed by atoms with E-state index in [1.165, 1.54) is 6.92 Å². The van der Waals surface area contributed by atoms with E-state index in [0.29, 0.717) is 6.42 Å². The molecule has 0 amide bonds. The van der Waals surface area contributed by atoms with E-state index in [9.17, 15) is 4.79 Å². The van der Waals surface area contributed by atoms with Crippen LogP contribution in [0.3, 0.4) is 0 Å². The molecule has 1 rings (SSSR count). The lowest BCUT2D eigenvalue weighted by Gasteiger charge is -2.06. The molecule has 0 aromatic carbocycles. The van der Waals surface area contributed by atoms with E-state index in [2.05, 4.69) is 18.1 Å². The number of nitrogens with one attached hydrogen (secondary N) is 1. The van der Waals surface area contributed by atoms with Gasteiger partial charge in [0.25, 0.3) is 0 Å². The molecular formula is C12H16N2O. The summed E-state index contributed by atoms with van der Waals surface area (Å²) >= 11 is 0. The minimum absolute atomic E-state index is 0.00800. The summed E-state index contributed by atoms with van der Waals surface area (Å²) in [5, 5.41) is 0. The fourth-order valence-electron chi connectivity index (χ4n) is 1.45. The smallest absolute Gasteiger partial charge is 0.146 e. The fourth-order valence-corrected chi connectivity index (χ4v) is 1.45. The number of Topliss-reactive ketones (excluding diaryl/α,β-unsaturated/α-hetero) is 1. The zero-order chi connectivity index (χ0) is 11.4. The highest BCUT2D eigenvalue weighted by molar-refractivity contribution is 5.81. The largest absolute Gasteiger partial charge is 0.361 e. The number of ketones is 1. The zero-order valence-corrected chi connectivity index (χ0v) is 8.92. The maximum absolute atomic E-state index is 11.0. The van der Waals surface area contributed by atoms with Gasteiger partial charge in [0, 0.05) is 17.5 Å². The van der Waals surface area contributed by atoms with Crippen LogP contribution in [-0.4, -0.2) is 16.8 Å². The predicted octanol–water partition coefficient (Wildman–Crippen LogP) is 1.76. The number of aromatic amines is 1. The summed E-state index contributed by atoms with van der Waals surface area (Å²) in [6.45, 7) is 8.92. The molecule has 0 radical (unpaired) electrons. The monoisotopic (exact) mass is 204 g/mol. The number of aromatic nitrogens is 1. The van der Waals surface area contributed by atoms with Crippen molar-refractivity contribution >= 4 is 17.9 Å². The third kappa shape index (κ3) is 2.44. The van der Waals surface area contributed by atoms with Gasteiger partial charge in [0.05, 0.1) is 6.04 Å². The number of carbonyl (C=O) groups excluding carboxylic acids is 1. The van der Waals surface area contributed by atoms with Gasteiger partial charge in [-0.1, -0.05) is 19.2 Å². The summed E-state index contributed by atoms with van der Waals surface area (Å²) in [5.74, 6) is -0.00800. The van der Waals surface area contributed by atoms with Crippen molar-refractivity contribution < 1.29 is 4.79 Å². The van der Waals surface area contributed by atoms with E-state index >= 15 is 0 Å². The third-order valence-electron chi connectivity index (χ3n) is 2.41. The predicted molar refractivity (Wildman–Crippen MR) is 63.3 cm³/mol. The van der Waals surface area contributed by atoms with Gasteiger partial charge in [-0.15, -0.1) is 0 Å². The van der Waals surface area contributed by atoms with Crippen molar-refractivity contribution in [3.8, 4) is 0 Å². The van der Waals surface area contributed by atoms with E-state index in [0.717, 1.165) is 16.8 Å². The molecule has 3 heteroatoms. The topological polar surface area (TPSA) is 58.9 Å². The first-order valence-electron chi connectivity index (χ1n) is 4.81. The van der Waals surface area contributed by atoms with Crippen LogP contribution in [0, 0.1) is 0 Å². The Morgan fingerprint density at radius 1 is 1.60 bits per heavy atom. The Kier molecular flexibility index (Phi) is 3.63. The number of nitrogens with two attached hydrogens (primary N) is 1. The molecule has 0 fully saturated rings. The third-order valence-corrected chi connectivity index (χ3v) is 2.41. The van der Waals surface area contributed by atoms with Gasteiger partial charge in [-0.3, -0.25) is 4.79 Å². The first-order valence-corrected chi connectivity index (χ1v) is 4.81. The molecule has 15 heavy (non-hydrogen) atoms. The maximum Gasteiger partial charge on any atom is 0.146 e. The van der Waals surface area contributed by atoms with Crippen molar-refractivity contribution in [1.82, 2.24) is 4.98 Å². The van der Waals surface area contributed by atoms with Gasteiger partial charge in [0.15, 0.2) is 0 Å². The van der Waals surface area contributed by atoms with Crippen molar-refractivity contribution in [2.45, 2.75) is 19.4 Å². The molecular weight excluding hydrogens is 188 g/mol. The van der Waals surface area contributed by atoms with Gasteiger partial charge >= 0.3 is 0 Å². The first-order chi connectivity index (χ1) is 7.10. The lowest BCUT2D eigenvalue weighted by molar-refractivity contribution is -0.118. The van der Waals surface area contributed by atoms with E-state index < -0.39 is 6.04 Å². The van der Waals surface area contributed by atoms with Crippen molar-refractivity contribution in [1.29, 1.82) is 0 Å². The maximum atomic E-state index is 11.0. The molecule has 1 heterocycles. The van der Waals surface area contributed by atoms with Crippen LogP contribution >= 0.6 is 0 Å². The molecule has 0 aliphatic rings. The van der Waals surface area contributed by atoms with Gasteiger partial charge in [0.2, 0.25) is 0 Å². The van der Waals surface area contributed by atoms with E-state index in [1.807, 2.05) is 6.20 Å². The highest BCUT2D eigenvalue weighted by Crippen LogP contribution is 2.18. The number of rotatable bonds is 5. The Morgan fingerprint density at radius 3 is 2.73 bits per heavy atom. The summed E-state index contributed by atoms with van der Waals surface area (Å²) in [5.41, 5.74) is 8.59. The van der Waals surface area contributed by atoms with E-state index in [1.54, 1.807) is 12.2 Å². The van der Waals surface area contributed by atoms with Crippen molar-refractivity contribution in [3.05, 3.63) is 36.2 Å². The minimum Gasteiger partial charge on any atom is -0.361 e. The zero-order valence-electron chi connectivity index (χ0n) is 8.92. The fraction of sp³-hybridized carbons (Fsp3) is 0.250. The Labute approximate surface area is 89.7 Å². The first kappa shape index (κ1) is 11.5. The van der Waals surface area contributed by atoms with Crippen LogP contribution in [0.1, 0.15) is 23.7 Å². The second-order valence-corrected chi connectivity index (χ2v) is 3.47. The van der Waals surface area contributed by atoms with Crippen LogP contribution in [0.5, 0.6) is 0 Å². The molecule has 0 aliphatic heterocycles. The molecule has 1 aromatic rings. The summed E-state index contributed by atoms with van der Waals surface area (Å²) in [4.78, 5) is 14.1. The van der Waals surface area contributed by atoms with Crippen molar-refractivity contribution in [2.75, 3.05) is 0 Å². The molecule has 0 saturated carbocycles. The quantitative estimate of drug-likeness (QED) is 0.767. The number of H-pyrrole nitrogens is 1. The van der Waals surface area contributed by atoms with Gasteiger partial charge < -0.3 is 10.7 Å².